The third-order valence-corrected chi connectivity index (χ3v) is 3.85. The molecule has 0 aliphatic heterocycles. The first-order valence-corrected chi connectivity index (χ1v) is 7.60. The molecule has 0 radical (unpaired) electrons. The molecule has 0 saturated carbocycles. The van der Waals surface area contributed by atoms with Crippen LogP contribution in [0.15, 0.2) is 5.38 Å². The molecular formula is C13H22N4O2S. The first-order valence-electron chi connectivity index (χ1n) is 6.72. The van der Waals surface area contributed by atoms with E-state index in [0.717, 1.165) is 11.4 Å². The topological polar surface area (TPSA) is 97.1 Å². The van der Waals surface area contributed by atoms with Crippen LogP contribution in [0.3, 0.4) is 0 Å². The highest BCUT2D eigenvalue weighted by Gasteiger charge is 2.13. The van der Waals surface area contributed by atoms with Crippen molar-refractivity contribution in [1.82, 2.24) is 15.6 Å². The number of nitrogens with one attached hydrogen (secondary N) is 2. The van der Waals surface area contributed by atoms with Crippen LogP contribution in [0.4, 0.5) is 0 Å². The minimum Gasteiger partial charge on any atom is -0.354 e. The summed E-state index contributed by atoms with van der Waals surface area (Å²) in [5, 5.41) is 7.92. The second-order valence-electron chi connectivity index (χ2n) is 4.74. The maximum Gasteiger partial charge on any atom is 0.270 e. The SMILES string of the molecule is CCC(C)NC(=O)CCNC(=O)c1csc(C(C)N)n1. The average Bonchev–Trinajstić information content (AvgIpc) is 2.88. The minimum atomic E-state index is -0.274. The van der Waals surface area contributed by atoms with Crippen LogP contribution < -0.4 is 16.4 Å². The van der Waals surface area contributed by atoms with Gasteiger partial charge in [-0.2, -0.15) is 0 Å². The van der Waals surface area contributed by atoms with Gasteiger partial charge in [-0.05, 0) is 20.3 Å². The minimum absolute atomic E-state index is 0.0609. The standard InChI is InChI=1S/C13H22N4O2S/c1-4-8(2)16-11(18)5-6-15-12(19)10-7-20-13(17-10)9(3)14/h7-9H,4-6,14H2,1-3H3,(H,15,19)(H,16,18). The highest BCUT2D eigenvalue weighted by atomic mass is 32.1. The number of nitrogens with zero attached hydrogens (tertiary/aromatic N) is 1. The summed E-state index contributed by atoms with van der Waals surface area (Å²) < 4.78 is 0. The van der Waals surface area contributed by atoms with Crippen LogP contribution in [-0.4, -0.2) is 29.4 Å². The fraction of sp³-hybridized carbons (Fsp3) is 0.615. The Balaban J connectivity index is 2.34. The van der Waals surface area contributed by atoms with Gasteiger partial charge in [0.25, 0.3) is 5.91 Å². The van der Waals surface area contributed by atoms with Crippen molar-refractivity contribution in [3.05, 3.63) is 16.1 Å². The van der Waals surface area contributed by atoms with E-state index in [9.17, 15) is 9.59 Å². The Hall–Kier alpha value is -1.47. The van der Waals surface area contributed by atoms with Crippen LogP contribution >= 0.6 is 11.3 Å². The van der Waals surface area contributed by atoms with Crippen LogP contribution in [0.1, 0.15) is 55.2 Å². The van der Waals surface area contributed by atoms with Gasteiger partial charge in [0.1, 0.15) is 10.7 Å². The Morgan fingerprint density at radius 2 is 2.15 bits per heavy atom. The van der Waals surface area contributed by atoms with Gasteiger partial charge in [-0.15, -0.1) is 11.3 Å². The number of carbonyl (C=O) groups is 2. The fourth-order valence-electron chi connectivity index (χ4n) is 1.43. The van der Waals surface area contributed by atoms with Crippen LogP contribution in [0.5, 0.6) is 0 Å². The van der Waals surface area contributed by atoms with Gasteiger partial charge < -0.3 is 16.4 Å². The summed E-state index contributed by atoms with van der Waals surface area (Å²) >= 11 is 1.36. The lowest BCUT2D eigenvalue weighted by Crippen LogP contribution is -2.35. The number of carbonyl (C=O) groups excluding carboxylic acids is 2. The Labute approximate surface area is 123 Å². The normalized spacial score (nSPS) is 13.6. The van der Waals surface area contributed by atoms with Gasteiger partial charge in [-0.3, -0.25) is 9.59 Å². The van der Waals surface area contributed by atoms with E-state index in [1.54, 1.807) is 5.38 Å². The summed E-state index contributed by atoms with van der Waals surface area (Å²) in [6, 6.07) is -0.0202. The zero-order chi connectivity index (χ0) is 15.1. The van der Waals surface area contributed by atoms with Crippen molar-refractivity contribution >= 4 is 23.2 Å². The van der Waals surface area contributed by atoms with Gasteiger partial charge in [0.15, 0.2) is 0 Å². The maximum absolute atomic E-state index is 11.8. The molecule has 0 aliphatic carbocycles. The molecule has 0 saturated heterocycles. The molecule has 1 aromatic rings. The van der Waals surface area contributed by atoms with Crippen molar-refractivity contribution in [1.29, 1.82) is 0 Å². The first kappa shape index (κ1) is 16.6. The Kier molecular flexibility index (Phi) is 6.60. The Morgan fingerprint density at radius 3 is 2.70 bits per heavy atom. The number of hydrogen-bond acceptors (Lipinski definition) is 5. The predicted octanol–water partition coefficient (Wildman–Crippen LogP) is 1.20. The van der Waals surface area contributed by atoms with E-state index in [1.807, 2.05) is 20.8 Å². The summed E-state index contributed by atoms with van der Waals surface area (Å²) in [5.74, 6) is -0.335. The van der Waals surface area contributed by atoms with Crippen molar-refractivity contribution in [2.45, 2.75) is 45.7 Å². The first-order chi connectivity index (χ1) is 9.43. The highest BCUT2D eigenvalue weighted by molar-refractivity contribution is 7.09. The molecule has 6 nitrogen and oxygen atoms in total. The van der Waals surface area contributed by atoms with Gasteiger partial charge >= 0.3 is 0 Å². The molecule has 1 heterocycles. The maximum atomic E-state index is 11.8. The molecule has 0 spiro atoms. The van der Waals surface area contributed by atoms with Crippen LogP contribution in [0.2, 0.25) is 0 Å². The van der Waals surface area contributed by atoms with E-state index < -0.39 is 0 Å². The number of amides is 2. The number of rotatable bonds is 7. The summed E-state index contributed by atoms with van der Waals surface area (Å²) in [7, 11) is 0. The van der Waals surface area contributed by atoms with E-state index in [0.29, 0.717) is 12.2 Å². The van der Waals surface area contributed by atoms with Crippen molar-refractivity contribution in [3.8, 4) is 0 Å². The molecule has 0 fully saturated rings. The van der Waals surface area contributed by atoms with Gasteiger partial charge in [0.2, 0.25) is 5.91 Å². The zero-order valence-electron chi connectivity index (χ0n) is 12.1. The van der Waals surface area contributed by atoms with Gasteiger partial charge in [0, 0.05) is 24.4 Å². The van der Waals surface area contributed by atoms with E-state index in [1.165, 1.54) is 11.3 Å². The van der Waals surface area contributed by atoms with E-state index in [2.05, 4.69) is 15.6 Å². The van der Waals surface area contributed by atoms with E-state index >= 15 is 0 Å². The number of aromatic nitrogens is 1. The quantitative estimate of drug-likeness (QED) is 0.704. The third-order valence-electron chi connectivity index (χ3n) is 2.80. The van der Waals surface area contributed by atoms with Gasteiger partial charge in [-0.25, -0.2) is 4.98 Å². The monoisotopic (exact) mass is 298 g/mol. The molecule has 0 aromatic carbocycles. The Bertz CT molecular complexity index is 459. The molecule has 1 aromatic heterocycles. The van der Waals surface area contributed by atoms with Crippen LogP contribution in [-0.2, 0) is 4.79 Å². The second-order valence-corrected chi connectivity index (χ2v) is 5.63. The molecule has 1 rings (SSSR count). The van der Waals surface area contributed by atoms with E-state index in [4.69, 9.17) is 5.73 Å². The van der Waals surface area contributed by atoms with Crippen LogP contribution in [0.25, 0.3) is 0 Å². The molecule has 20 heavy (non-hydrogen) atoms. The summed E-state index contributed by atoms with van der Waals surface area (Å²) in [6.45, 7) is 6.07. The van der Waals surface area contributed by atoms with Crippen LogP contribution in [0, 0.1) is 0 Å². The van der Waals surface area contributed by atoms with Gasteiger partial charge in [-0.1, -0.05) is 6.92 Å². The number of nitrogens with two attached hydrogens (primary N) is 1. The predicted molar refractivity (Wildman–Crippen MR) is 79.6 cm³/mol. The van der Waals surface area contributed by atoms with Crippen molar-refractivity contribution < 1.29 is 9.59 Å². The van der Waals surface area contributed by atoms with Crippen molar-refractivity contribution in [2.24, 2.45) is 5.73 Å². The van der Waals surface area contributed by atoms with Gasteiger partial charge in [0.05, 0.1) is 6.04 Å². The summed E-state index contributed by atoms with van der Waals surface area (Å²) in [4.78, 5) is 27.5. The third kappa shape index (κ3) is 5.26. The average molecular weight is 298 g/mol. The summed E-state index contributed by atoms with van der Waals surface area (Å²) in [5.41, 5.74) is 6.04. The van der Waals surface area contributed by atoms with E-state index in [-0.39, 0.29) is 30.3 Å². The molecule has 4 N–H and O–H groups in total. The Morgan fingerprint density at radius 1 is 1.45 bits per heavy atom. The lowest BCUT2D eigenvalue weighted by Gasteiger charge is -2.11. The molecule has 7 heteroatoms. The molecule has 0 bridgehead atoms. The molecule has 2 amide bonds. The zero-order valence-corrected chi connectivity index (χ0v) is 12.9. The smallest absolute Gasteiger partial charge is 0.270 e. The highest BCUT2D eigenvalue weighted by Crippen LogP contribution is 2.15. The molecule has 2 unspecified atom stereocenters. The number of hydrogen-bond donors (Lipinski definition) is 3. The molecule has 2 atom stereocenters. The fourth-order valence-corrected chi connectivity index (χ4v) is 2.19. The largest absolute Gasteiger partial charge is 0.354 e. The second kappa shape index (κ2) is 7.96. The summed E-state index contributed by atoms with van der Waals surface area (Å²) in [6.07, 6.45) is 1.15. The van der Waals surface area contributed by atoms with Crippen molar-refractivity contribution in [3.63, 3.8) is 0 Å². The molecular weight excluding hydrogens is 276 g/mol. The number of thiazole rings is 1. The lowest BCUT2D eigenvalue weighted by molar-refractivity contribution is -0.121. The molecule has 112 valence electrons. The molecule has 0 aliphatic rings. The lowest BCUT2D eigenvalue weighted by atomic mass is 10.2. The van der Waals surface area contributed by atoms with Crippen molar-refractivity contribution in [2.75, 3.05) is 6.54 Å².